The first-order valence-electron chi connectivity index (χ1n) is 7.61. The fraction of sp³-hybridized carbons (Fsp3) is 0.643. The number of amides is 4. The van der Waals surface area contributed by atoms with E-state index in [0.29, 0.717) is 0 Å². The highest BCUT2D eigenvalue weighted by Gasteiger charge is 2.30. The lowest BCUT2D eigenvalue weighted by atomic mass is 10.0. The zero-order valence-electron chi connectivity index (χ0n) is 14.2. The van der Waals surface area contributed by atoms with Gasteiger partial charge in [0.15, 0.2) is 0 Å². The minimum atomic E-state index is -1.51. The number of rotatable bonds is 11. The number of primary amides is 2. The highest BCUT2D eigenvalue weighted by molar-refractivity contribution is 5.93. The van der Waals surface area contributed by atoms with Crippen LogP contribution in [0.4, 0.5) is 0 Å². The zero-order valence-corrected chi connectivity index (χ0v) is 14.2. The fourth-order valence-electron chi connectivity index (χ4n) is 1.89. The van der Waals surface area contributed by atoms with E-state index < -0.39 is 60.1 Å². The molecule has 0 saturated heterocycles. The van der Waals surface area contributed by atoms with Crippen molar-refractivity contribution in [1.82, 2.24) is 10.6 Å². The van der Waals surface area contributed by atoms with Gasteiger partial charge in [-0.25, -0.2) is 4.79 Å². The highest BCUT2D eigenvalue weighted by Crippen LogP contribution is 2.05. The SMILES string of the molecule is CC(C)C(NC(=O)C(N)CCC(N)=O)C(=O)NC(CC(N)=O)C(=O)O. The number of carbonyl (C=O) groups excluding carboxylic acids is 4. The van der Waals surface area contributed by atoms with Crippen molar-refractivity contribution in [3.63, 3.8) is 0 Å². The van der Waals surface area contributed by atoms with Crippen molar-refractivity contribution in [3.8, 4) is 0 Å². The van der Waals surface area contributed by atoms with Gasteiger partial charge in [-0.05, 0) is 12.3 Å². The largest absolute Gasteiger partial charge is 0.480 e. The molecule has 0 spiro atoms. The maximum atomic E-state index is 12.2. The predicted molar refractivity (Wildman–Crippen MR) is 86.6 cm³/mol. The van der Waals surface area contributed by atoms with Crippen LogP contribution in [-0.2, 0) is 24.0 Å². The summed E-state index contributed by atoms with van der Waals surface area (Å²) in [4.78, 5) is 56.9. The summed E-state index contributed by atoms with van der Waals surface area (Å²) < 4.78 is 0. The molecule has 0 saturated carbocycles. The van der Waals surface area contributed by atoms with Crippen LogP contribution in [0.15, 0.2) is 0 Å². The molecule has 0 aromatic heterocycles. The summed E-state index contributed by atoms with van der Waals surface area (Å²) in [7, 11) is 0. The quantitative estimate of drug-likeness (QED) is 0.227. The molecular formula is C14H25N5O6. The molecule has 142 valence electrons. The molecule has 0 aliphatic heterocycles. The van der Waals surface area contributed by atoms with Crippen LogP contribution in [0.25, 0.3) is 0 Å². The molecule has 0 aromatic rings. The van der Waals surface area contributed by atoms with Crippen molar-refractivity contribution in [2.75, 3.05) is 0 Å². The molecule has 0 rings (SSSR count). The Hall–Kier alpha value is -2.69. The minimum absolute atomic E-state index is 0.00697. The van der Waals surface area contributed by atoms with Gasteiger partial charge in [-0.1, -0.05) is 13.8 Å². The van der Waals surface area contributed by atoms with Gasteiger partial charge < -0.3 is 32.9 Å². The fourth-order valence-corrected chi connectivity index (χ4v) is 1.89. The smallest absolute Gasteiger partial charge is 0.326 e. The molecule has 0 fully saturated rings. The van der Waals surface area contributed by atoms with E-state index in [2.05, 4.69) is 10.6 Å². The van der Waals surface area contributed by atoms with Gasteiger partial charge >= 0.3 is 5.97 Å². The molecule has 0 aliphatic rings. The van der Waals surface area contributed by atoms with E-state index in [0.717, 1.165) is 0 Å². The second kappa shape index (κ2) is 10.2. The van der Waals surface area contributed by atoms with Crippen LogP contribution in [0, 0.1) is 5.92 Å². The lowest BCUT2D eigenvalue weighted by molar-refractivity contribution is -0.144. The number of carboxylic acids is 1. The topological polar surface area (TPSA) is 208 Å². The van der Waals surface area contributed by atoms with Crippen LogP contribution in [0.3, 0.4) is 0 Å². The minimum Gasteiger partial charge on any atom is -0.480 e. The molecular weight excluding hydrogens is 334 g/mol. The van der Waals surface area contributed by atoms with E-state index in [1.54, 1.807) is 13.8 Å². The number of carbonyl (C=O) groups is 5. The molecule has 3 atom stereocenters. The van der Waals surface area contributed by atoms with Crippen molar-refractivity contribution in [3.05, 3.63) is 0 Å². The Morgan fingerprint density at radius 1 is 0.960 bits per heavy atom. The third-order valence-corrected chi connectivity index (χ3v) is 3.31. The average molecular weight is 359 g/mol. The van der Waals surface area contributed by atoms with E-state index in [4.69, 9.17) is 22.3 Å². The standard InChI is InChI=1S/C14H25N5O6/c1-6(2)11(19-12(22)7(15)3-4-9(16)20)13(23)18-8(14(24)25)5-10(17)21/h6-8,11H,3-5,15H2,1-2H3,(H2,16,20)(H2,17,21)(H,18,23)(H,19,22)(H,24,25). The maximum Gasteiger partial charge on any atom is 0.326 e. The van der Waals surface area contributed by atoms with Crippen LogP contribution in [-0.4, -0.2) is 52.8 Å². The summed E-state index contributed by atoms with van der Waals surface area (Å²) in [5.41, 5.74) is 15.5. The highest BCUT2D eigenvalue weighted by atomic mass is 16.4. The van der Waals surface area contributed by atoms with E-state index in [1.807, 2.05) is 0 Å². The van der Waals surface area contributed by atoms with Crippen molar-refractivity contribution in [1.29, 1.82) is 0 Å². The maximum absolute atomic E-state index is 12.2. The first-order valence-corrected chi connectivity index (χ1v) is 7.61. The summed E-state index contributed by atoms with van der Waals surface area (Å²) in [6.07, 6.45) is -0.669. The van der Waals surface area contributed by atoms with Gasteiger partial charge in [0.2, 0.25) is 23.6 Å². The Balaban J connectivity index is 4.94. The average Bonchev–Trinajstić information content (AvgIpc) is 2.47. The Morgan fingerprint density at radius 2 is 1.52 bits per heavy atom. The van der Waals surface area contributed by atoms with Crippen LogP contribution in [0.2, 0.25) is 0 Å². The zero-order chi connectivity index (χ0) is 19.7. The predicted octanol–water partition coefficient (Wildman–Crippen LogP) is -2.84. The van der Waals surface area contributed by atoms with Gasteiger partial charge in [-0.3, -0.25) is 19.2 Å². The molecule has 25 heavy (non-hydrogen) atoms. The van der Waals surface area contributed by atoms with Gasteiger partial charge in [0.1, 0.15) is 12.1 Å². The number of nitrogens with two attached hydrogens (primary N) is 3. The van der Waals surface area contributed by atoms with Gasteiger partial charge in [0, 0.05) is 6.42 Å². The van der Waals surface area contributed by atoms with Gasteiger partial charge in [-0.15, -0.1) is 0 Å². The van der Waals surface area contributed by atoms with E-state index in [-0.39, 0.29) is 12.8 Å². The molecule has 0 aliphatic carbocycles. The Morgan fingerprint density at radius 3 is 1.92 bits per heavy atom. The number of aliphatic carboxylic acids is 1. The van der Waals surface area contributed by atoms with Crippen LogP contribution < -0.4 is 27.8 Å². The summed E-state index contributed by atoms with van der Waals surface area (Å²) >= 11 is 0. The molecule has 0 aromatic carbocycles. The van der Waals surface area contributed by atoms with Crippen molar-refractivity contribution < 1.29 is 29.1 Å². The van der Waals surface area contributed by atoms with Crippen LogP contribution >= 0.6 is 0 Å². The Kier molecular flexibility index (Phi) is 9.13. The first-order chi connectivity index (χ1) is 11.5. The summed E-state index contributed by atoms with van der Waals surface area (Å²) in [5, 5.41) is 13.6. The number of carboxylic acid groups (broad SMARTS) is 1. The summed E-state index contributed by atoms with van der Waals surface area (Å²) in [6.45, 7) is 3.26. The molecule has 3 unspecified atom stereocenters. The molecule has 0 bridgehead atoms. The first kappa shape index (κ1) is 22.3. The van der Waals surface area contributed by atoms with Gasteiger partial charge in [-0.2, -0.15) is 0 Å². The molecule has 4 amide bonds. The van der Waals surface area contributed by atoms with E-state index in [1.165, 1.54) is 0 Å². The molecule has 0 heterocycles. The van der Waals surface area contributed by atoms with Crippen LogP contribution in [0.1, 0.15) is 33.1 Å². The monoisotopic (exact) mass is 359 g/mol. The number of nitrogens with one attached hydrogen (secondary N) is 2. The summed E-state index contributed by atoms with van der Waals surface area (Å²) in [5.74, 6) is -4.81. The number of hydrogen-bond donors (Lipinski definition) is 6. The molecule has 11 nitrogen and oxygen atoms in total. The lowest BCUT2D eigenvalue weighted by Crippen LogP contribution is -2.56. The van der Waals surface area contributed by atoms with Crippen molar-refractivity contribution >= 4 is 29.6 Å². The molecule has 0 radical (unpaired) electrons. The van der Waals surface area contributed by atoms with Crippen molar-refractivity contribution in [2.45, 2.75) is 51.2 Å². The summed E-state index contributed by atoms with van der Waals surface area (Å²) in [6, 6.07) is -3.64. The van der Waals surface area contributed by atoms with Crippen molar-refractivity contribution in [2.24, 2.45) is 23.1 Å². The second-order valence-electron chi connectivity index (χ2n) is 5.91. The Labute approximate surface area is 144 Å². The third kappa shape index (κ3) is 8.65. The molecule has 11 heteroatoms. The van der Waals surface area contributed by atoms with Crippen LogP contribution in [0.5, 0.6) is 0 Å². The number of hydrogen-bond acceptors (Lipinski definition) is 6. The third-order valence-electron chi connectivity index (χ3n) is 3.31. The van der Waals surface area contributed by atoms with E-state index >= 15 is 0 Å². The van der Waals surface area contributed by atoms with E-state index in [9.17, 15) is 24.0 Å². The normalized spacial score (nSPS) is 14.2. The van der Waals surface area contributed by atoms with Gasteiger partial charge in [0.05, 0.1) is 12.5 Å². The Bertz CT molecular complexity index is 536. The molecule has 9 N–H and O–H groups in total. The van der Waals surface area contributed by atoms with Gasteiger partial charge in [0.25, 0.3) is 0 Å². The lowest BCUT2D eigenvalue weighted by Gasteiger charge is -2.25. The second-order valence-corrected chi connectivity index (χ2v) is 5.91.